The summed E-state index contributed by atoms with van der Waals surface area (Å²) in [6.45, 7) is 0. The minimum atomic E-state index is -0.739. The van der Waals surface area contributed by atoms with Gasteiger partial charge in [0.25, 0.3) is 0 Å². The van der Waals surface area contributed by atoms with Gasteiger partial charge in [-0.2, -0.15) is 0 Å². The Bertz CT molecular complexity index is 1230. The third-order valence-corrected chi connectivity index (χ3v) is 8.00. The van der Waals surface area contributed by atoms with Crippen LogP contribution in [-0.2, 0) is 0 Å². The van der Waals surface area contributed by atoms with Crippen LogP contribution >= 0.6 is 0 Å². The summed E-state index contributed by atoms with van der Waals surface area (Å²) in [5.41, 5.74) is 4.49. The van der Waals surface area contributed by atoms with Gasteiger partial charge in [-0.25, -0.2) is 0 Å². The maximum atomic E-state index is 3.30. The molecule has 0 N–H and O–H groups in total. The van der Waals surface area contributed by atoms with E-state index in [1.165, 1.54) is 18.4 Å². The first-order chi connectivity index (χ1) is 16.4. The molecule has 0 fully saturated rings. The quantitative estimate of drug-likeness (QED) is 0.198. The van der Waals surface area contributed by atoms with Crippen LogP contribution in [0.4, 0.5) is 0 Å². The summed E-state index contributed by atoms with van der Waals surface area (Å²) in [5, 5.41) is 0. The van der Waals surface area contributed by atoms with Gasteiger partial charge < -0.3 is 0 Å². The van der Waals surface area contributed by atoms with Gasteiger partial charge in [-0.1, -0.05) is 0 Å². The Hall–Kier alpha value is -3.73. The van der Waals surface area contributed by atoms with Crippen molar-refractivity contribution < 1.29 is 0 Å². The molecule has 0 amide bonds. The van der Waals surface area contributed by atoms with Crippen molar-refractivity contribution >= 4 is 28.2 Å². The molecule has 0 aliphatic heterocycles. The van der Waals surface area contributed by atoms with Crippen LogP contribution in [0.25, 0.3) is 7.24 Å². The fraction of sp³-hybridized carbons (Fsp3) is 0. The molecule has 0 radical (unpaired) electrons. The second-order valence-electron chi connectivity index (χ2n) is 7.12. The van der Waals surface area contributed by atoms with E-state index in [0.717, 1.165) is 11.1 Å². The first kappa shape index (κ1) is 22.5. The average Bonchev–Trinajstić information content (AvgIpc) is 2.89. The Morgan fingerprint density at radius 2 is 0.788 bits per heavy atom. The zero-order valence-electron chi connectivity index (χ0n) is 18.1. The summed E-state index contributed by atoms with van der Waals surface area (Å²) in [5.74, 6) is 13.1. The molecule has 0 aromatic heterocycles. The third-order valence-electron chi connectivity index (χ3n) is 4.72. The predicted octanol–water partition coefficient (Wildman–Crippen LogP) is 6.88. The number of hydrogen-bond donors (Lipinski definition) is 0. The second-order valence-corrected chi connectivity index (χ2v) is 10.2. The van der Waals surface area contributed by atoms with Crippen LogP contribution in [0.5, 0.6) is 0 Å². The molecule has 1 heteroatoms. The van der Waals surface area contributed by atoms with Crippen LogP contribution in [-0.4, -0.2) is 20.9 Å². The van der Waals surface area contributed by atoms with Crippen molar-refractivity contribution in [2.45, 2.75) is 0 Å². The Kier molecular flexibility index (Phi) is 8.40. The topological polar surface area (TPSA) is 0 Å². The number of allylic oxidation sites excluding steroid dienone is 2. The molecule has 0 saturated carbocycles. The summed E-state index contributed by atoms with van der Waals surface area (Å²) in [6, 6.07) is 41.3. The van der Waals surface area contributed by atoms with E-state index in [1.807, 2.05) is 60.7 Å². The van der Waals surface area contributed by atoms with Gasteiger partial charge in [-0.15, -0.1) is 0 Å². The van der Waals surface area contributed by atoms with Crippen molar-refractivity contribution in [2.24, 2.45) is 0 Å². The Balaban J connectivity index is 1.70. The molecule has 4 rings (SSSR count). The predicted molar refractivity (Wildman–Crippen MR) is 141 cm³/mol. The zero-order chi connectivity index (χ0) is 22.6. The summed E-state index contributed by atoms with van der Waals surface area (Å²) in [6.07, 6.45) is 4.18. The van der Waals surface area contributed by atoms with E-state index < -0.39 is 20.9 Å². The first-order valence-corrected chi connectivity index (χ1v) is 13.0. The molecular formula is C32H22Te. The maximum absolute atomic E-state index is 3.30. The average molecular weight is 534 g/mol. The Morgan fingerprint density at radius 1 is 0.455 bits per heavy atom. The van der Waals surface area contributed by atoms with Gasteiger partial charge in [-0.05, 0) is 0 Å². The number of hydrogen-bond acceptors (Lipinski definition) is 0. The second kappa shape index (κ2) is 12.3. The van der Waals surface area contributed by atoms with Crippen molar-refractivity contribution in [1.82, 2.24) is 0 Å². The summed E-state index contributed by atoms with van der Waals surface area (Å²) in [4.78, 5) is 0. The molecule has 0 nitrogen and oxygen atoms in total. The Labute approximate surface area is 206 Å². The molecule has 0 spiro atoms. The molecule has 0 unspecified atom stereocenters. The van der Waals surface area contributed by atoms with E-state index in [4.69, 9.17) is 0 Å². The molecule has 0 aliphatic carbocycles. The van der Waals surface area contributed by atoms with Crippen LogP contribution in [0, 0.1) is 23.7 Å². The molecule has 0 heterocycles. The van der Waals surface area contributed by atoms with Crippen molar-refractivity contribution in [3.8, 4) is 23.7 Å². The van der Waals surface area contributed by atoms with Crippen LogP contribution in [0.15, 0.2) is 133 Å². The fourth-order valence-corrected chi connectivity index (χ4v) is 5.88. The number of benzene rings is 4. The molecule has 0 bridgehead atoms. The van der Waals surface area contributed by atoms with Gasteiger partial charge >= 0.3 is 208 Å². The zero-order valence-corrected chi connectivity index (χ0v) is 20.4. The molecule has 0 aliphatic rings. The van der Waals surface area contributed by atoms with Crippen LogP contribution in [0.3, 0.4) is 0 Å². The van der Waals surface area contributed by atoms with Gasteiger partial charge in [0.2, 0.25) is 0 Å². The van der Waals surface area contributed by atoms with Gasteiger partial charge in [0, 0.05) is 0 Å². The summed E-state index contributed by atoms with van der Waals surface area (Å²) in [7, 11) is 0. The van der Waals surface area contributed by atoms with Crippen molar-refractivity contribution in [1.29, 1.82) is 0 Å². The number of rotatable bonds is 4. The van der Waals surface area contributed by atoms with Gasteiger partial charge in [0.05, 0.1) is 0 Å². The van der Waals surface area contributed by atoms with E-state index in [2.05, 4.69) is 96.5 Å². The molecule has 0 saturated heterocycles. The van der Waals surface area contributed by atoms with Gasteiger partial charge in [0.15, 0.2) is 0 Å². The molecule has 0 atom stereocenters. The SMILES string of the molecule is C(#Cc1ccccc1)/C=C(\[Te]/C(=C\C#Cc1ccccc1)c1ccccc1)c1ccccc1. The monoisotopic (exact) mass is 536 g/mol. The van der Waals surface area contributed by atoms with Gasteiger partial charge in [0.1, 0.15) is 0 Å². The van der Waals surface area contributed by atoms with Gasteiger partial charge in [-0.3, -0.25) is 0 Å². The molecule has 4 aromatic carbocycles. The van der Waals surface area contributed by atoms with Crippen LogP contribution < -0.4 is 0 Å². The molecule has 33 heavy (non-hydrogen) atoms. The fourth-order valence-electron chi connectivity index (χ4n) is 3.08. The third kappa shape index (κ3) is 7.14. The Morgan fingerprint density at radius 3 is 1.15 bits per heavy atom. The van der Waals surface area contributed by atoms with E-state index in [1.54, 1.807) is 0 Å². The van der Waals surface area contributed by atoms with E-state index in [9.17, 15) is 0 Å². The molecule has 4 aromatic rings. The van der Waals surface area contributed by atoms with E-state index in [-0.39, 0.29) is 0 Å². The van der Waals surface area contributed by atoms with Crippen molar-refractivity contribution in [3.05, 3.63) is 156 Å². The molecule has 156 valence electrons. The normalized spacial score (nSPS) is 11.0. The summed E-state index contributed by atoms with van der Waals surface area (Å²) >= 11 is -0.739. The minimum absolute atomic E-state index is 0.739. The van der Waals surface area contributed by atoms with E-state index >= 15 is 0 Å². The first-order valence-electron chi connectivity index (χ1n) is 10.7. The van der Waals surface area contributed by atoms with Crippen LogP contribution in [0.2, 0.25) is 0 Å². The molecular weight excluding hydrogens is 512 g/mol. The van der Waals surface area contributed by atoms with Crippen molar-refractivity contribution in [3.63, 3.8) is 0 Å². The summed E-state index contributed by atoms with van der Waals surface area (Å²) < 4.78 is 2.59. The van der Waals surface area contributed by atoms with E-state index in [0.29, 0.717) is 0 Å². The van der Waals surface area contributed by atoms with Crippen LogP contribution in [0.1, 0.15) is 22.3 Å². The van der Waals surface area contributed by atoms with Crippen molar-refractivity contribution in [2.75, 3.05) is 0 Å². The standard InChI is InChI=1S/C32H22Te/c1-5-15-27(16-6-1)19-13-25-31(29-21-9-3-10-22-29)33-32(30-23-11-4-12-24-30)26-14-20-28-17-7-2-8-18-28/h1-12,15-18,21-26H/b31-25-,32-26-.